The van der Waals surface area contributed by atoms with Gasteiger partial charge in [-0.2, -0.15) is 0 Å². The van der Waals surface area contributed by atoms with Crippen molar-refractivity contribution in [2.24, 2.45) is 0 Å². The molecular formula is C14H11NO4. The summed E-state index contributed by atoms with van der Waals surface area (Å²) in [7, 11) is 0. The van der Waals surface area contributed by atoms with Crippen molar-refractivity contribution in [3.63, 3.8) is 0 Å². The molecule has 0 aliphatic rings. The maximum Gasteiger partial charge on any atom is 0.312 e. The molecule has 2 rings (SSSR count). The summed E-state index contributed by atoms with van der Waals surface area (Å²) < 4.78 is 5.45. The molecule has 0 unspecified atom stereocenters. The summed E-state index contributed by atoms with van der Waals surface area (Å²) in [4.78, 5) is 21.7. The van der Waals surface area contributed by atoms with Gasteiger partial charge in [0.1, 0.15) is 5.75 Å². The standard InChI is InChI=1S/C14H11NO4/c1-10(16)11-7-8-14(13(9-11)15(17)18)19-12-5-3-2-4-6-12/h2-9H,1H3. The molecule has 0 fully saturated rings. The molecule has 0 atom stereocenters. The van der Waals surface area contributed by atoms with E-state index in [1.165, 1.54) is 25.1 Å². The predicted molar refractivity (Wildman–Crippen MR) is 69.6 cm³/mol. The SMILES string of the molecule is CC(=O)c1ccc(Oc2ccccc2)c([N+](=O)[O-])c1. The zero-order chi connectivity index (χ0) is 13.8. The van der Waals surface area contributed by atoms with Gasteiger partial charge in [-0.1, -0.05) is 18.2 Å². The van der Waals surface area contributed by atoms with Gasteiger partial charge in [0.25, 0.3) is 0 Å². The minimum atomic E-state index is -0.565. The van der Waals surface area contributed by atoms with Crippen LogP contribution >= 0.6 is 0 Å². The second kappa shape index (κ2) is 5.30. The lowest BCUT2D eigenvalue weighted by molar-refractivity contribution is -0.385. The molecule has 0 aliphatic heterocycles. The number of para-hydroxylation sites is 1. The van der Waals surface area contributed by atoms with Crippen molar-refractivity contribution in [1.29, 1.82) is 0 Å². The monoisotopic (exact) mass is 257 g/mol. The third-order valence-corrected chi connectivity index (χ3v) is 2.53. The molecule has 0 spiro atoms. The molecule has 5 nitrogen and oxygen atoms in total. The van der Waals surface area contributed by atoms with E-state index in [4.69, 9.17) is 4.74 Å². The molecule has 0 saturated heterocycles. The number of carbonyl (C=O) groups excluding carboxylic acids is 1. The smallest absolute Gasteiger partial charge is 0.312 e. The summed E-state index contributed by atoms with van der Waals surface area (Å²) in [5.74, 6) is 0.386. The van der Waals surface area contributed by atoms with Crippen LogP contribution in [0.25, 0.3) is 0 Å². The Kier molecular flexibility index (Phi) is 3.56. The molecule has 96 valence electrons. The first-order chi connectivity index (χ1) is 9.08. The second-order valence-corrected chi connectivity index (χ2v) is 3.91. The maximum atomic E-state index is 11.2. The van der Waals surface area contributed by atoms with Crippen LogP contribution in [0.3, 0.4) is 0 Å². The number of nitro groups is 1. The van der Waals surface area contributed by atoms with Crippen LogP contribution in [0.2, 0.25) is 0 Å². The summed E-state index contributed by atoms with van der Waals surface area (Å²) in [5, 5.41) is 11.0. The highest BCUT2D eigenvalue weighted by Crippen LogP contribution is 2.32. The number of hydrogen-bond donors (Lipinski definition) is 0. The molecule has 2 aromatic carbocycles. The summed E-state index contributed by atoms with van der Waals surface area (Å²) in [6.07, 6.45) is 0. The molecule has 5 heteroatoms. The molecule has 0 bridgehead atoms. The van der Waals surface area contributed by atoms with Crippen LogP contribution in [-0.4, -0.2) is 10.7 Å². The van der Waals surface area contributed by atoms with E-state index in [0.717, 1.165) is 0 Å². The molecule has 0 N–H and O–H groups in total. The van der Waals surface area contributed by atoms with E-state index in [1.807, 2.05) is 6.07 Å². The Morgan fingerprint density at radius 3 is 2.42 bits per heavy atom. The average Bonchev–Trinajstić information content (AvgIpc) is 2.39. The van der Waals surface area contributed by atoms with E-state index >= 15 is 0 Å². The number of benzene rings is 2. The van der Waals surface area contributed by atoms with Gasteiger partial charge >= 0.3 is 5.69 Å². The van der Waals surface area contributed by atoms with Crippen LogP contribution in [-0.2, 0) is 0 Å². The number of rotatable bonds is 4. The van der Waals surface area contributed by atoms with Gasteiger partial charge in [-0.3, -0.25) is 14.9 Å². The second-order valence-electron chi connectivity index (χ2n) is 3.91. The van der Waals surface area contributed by atoms with E-state index in [1.54, 1.807) is 24.3 Å². The van der Waals surface area contributed by atoms with Crippen molar-refractivity contribution in [3.05, 3.63) is 64.2 Å². The number of Topliss-reactive ketones (excluding diaryl/α,β-unsaturated/α-hetero) is 1. The van der Waals surface area contributed by atoms with Crippen molar-refractivity contribution >= 4 is 11.5 Å². The maximum absolute atomic E-state index is 11.2. The minimum absolute atomic E-state index is 0.112. The van der Waals surface area contributed by atoms with E-state index in [9.17, 15) is 14.9 Å². The number of nitrogens with zero attached hydrogens (tertiary/aromatic N) is 1. The summed E-state index contributed by atoms with van der Waals surface area (Å²) in [6, 6.07) is 12.9. The molecular weight excluding hydrogens is 246 g/mol. The van der Waals surface area contributed by atoms with Gasteiger partial charge in [0.2, 0.25) is 5.75 Å². The van der Waals surface area contributed by atoms with Crippen LogP contribution in [0.1, 0.15) is 17.3 Å². The Morgan fingerprint density at radius 2 is 1.84 bits per heavy atom. The summed E-state index contributed by atoms with van der Waals surface area (Å²) in [5.41, 5.74) is 0.0589. The van der Waals surface area contributed by atoms with Gasteiger partial charge in [0.05, 0.1) is 4.92 Å². The number of nitro benzene ring substituents is 1. The molecule has 0 aromatic heterocycles. The molecule has 0 amide bonds. The van der Waals surface area contributed by atoms with Crippen molar-refractivity contribution in [3.8, 4) is 11.5 Å². The van der Waals surface area contributed by atoms with Gasteiger partial charge in [0.15, 0.2) is 5.78 Å². The molecule has 0 heterocycles. The van der Waals surface area contributed by atoms with Gasteiger partial charge < -0.3 is 4.74 Å². The first-order valence-electron chi connectivity index (χ1n) is 5.60. The molecule has 2 aromatic rings. The third kappa shape index (κ3) is 2.95. The number of carbonyl (C=O) groups is 1. The van der Waals surface area contributed by atoms with Gasteiger partial charge in [-0.05, 0) is 31.2 Å². The Morgan fingerprint density at radius 1 is 1.16 bits per heavy atom. The van der Waals surface area contributed by atoms with E-state index in [-0.39, 0.29) is 22.8 Å². The normalized spacial score (nSPS) is 9.95. The zero-order valence-electron chi connectivity index (χ0n) is 10.2. The summed E-state index contributed by atoms with van der Waals surface area (Å²) in [6.45, 7) is 1.36. The number of ether oxygens (including phenoxy) is 1. The lowest BCUT2D eigenvalue weighted by Gasteiger charge is -2.06. The predicted octanol–water partition coefficient (Wildman–Crippen LogP) is 3.59. The molecule has 0 aliphatic carbocycles. The van der Waals surface area contributed by atoms with Crippen LogP contribution in [0, 0.1) is 10.1 Å². The Hall–Kier alpha value is -2.69. The van der Waals surface area contributed by atoms with Gasteiger partial charge in [0, 0.05) is 11.6 Å². The van der Waals surface area contributed by atoms with Crippen molar-refractivity contribution < 1.29 is 14.5 Å². The number of hydrogen-bond acceptors (Lipinski definition) is 4. The van der Waals surface area contributed by atoms with Crippen LogP contribution in [0.5, 0.6) is 11.5 Å². The van der Waals surface area contributed by atoms with Gasteiger partial charge in [-0.25, -0.2) is 0 Å². The van der Waals surface area contributed by atoms with E-state index in [2.05, 4.69) is 0 Å². The van der Waals surface area contributed by atoms with E-state index < -0.39 is 4.92 Å². The Balaban J connectivity index is 2.40. The highest BCUT2D eigenvalue weighted by molar-refractivity contribution is 5.95. The third-order valence-electron chi connectivity index (χ3n) is 2.53. The first kappa shape index (κ1) is 12.8. The zero-order valence-corrected chi connectivity index (χ0v) is 10.2. The van der Waals surface area contributed by atoms with Crippen LogP contribution in [0.15, 0.2) is 48.5 Å². The molecule has 0 radical (unpaired) electrons. The summed E-state index contributed by atoms with van der Waals surface area (Å²) >= 11 is 0. The fourth-order valence-corrected chi connectivity index (χ4v) is 1.58. The topological polar surface area (TPSA) is 69.4 Å². The lowest BCUT2D eigenvalue weighted by Crippen LogP contribution is -1.98. The first-order valence-corrected chi connectivity index (χ1v) is 5.60. The van der Waals surface area contributed by atoms with Crippen LogP contribution in [0.4, 0.5) is 5.69 Å². The largest absolute Gasteiger partial charge is 0.450 e. The number of ketones is 1. The van der Waals surface area contributed by atoms with Crippen LogP contribution < -0.4 is 4.74 Å². The molecule has 0 saturated carbocycles. The Labute approximate surface area is 109 Å². The minimum Gasteiger partial charge on any atom is -0.450 e. The van der Waals surface area contributed by atoms with E-state index in [0.29, 0.717) is 5.75 Å². The highest BCUT2D eigenvalue weighted by Gasteiger charge is 2.18. The van der Waals surface area contributed by atoms with Gasteiger partial charge in [-0.15, -0.1) is 0 Å². The fourth-order valence-electron chi connectivity index (χ4n) is 1.58. The fraction of sp³-hybridized carbons (Fsp3) is 0.0714. The molecule has 19 heavy (non-hydrogen) atoms. The average molecular weight is 257 g/mol. The van der Waals surface area contributed by atoms with Crippen molar-refractivity contribution in [2.45, 2.75) is 6.92 Å². The Bertz CT molecular complexity index is 623. The highest BCUT2D eigenvalue weighted by atomic mass is 16.6. The van der Waals surface area contributed by atoms with Crippen molar-refractivity contribution in [1.82, 2.24) is 0 Å². The quantitative estimate of drug-likeness (QED) is 0.476. The van der Waals surface area contributed by atoms with Crippen molar-refractivity contribution in [2.75, 3.05) is 0 Å². The lowest BCUT2D eigenvalue weighted by atomic mass is 10.1.